The van der Waals surface area contributed by atoms with Gasteiger partial charge >= 0.3 is 0 Å². The molecule has 0 aliphatic heterocycles. The summed E-state index contributed by atoms with van der Waals surface area (Å²) in [4.78, 5) is 24.0. The maximum absolute atomic E-state index is 12.0. The van der Waals surface area contributed by atoms with E-state index in [-0.39, 0.29) is 11.7 Å². The summed E-state index contributed by atoms with van der Waals surface area (Å²) in [5.74, 6) is -0.0614. The Kier molecular flexibility index (Phi) is 5.86. The minimum absolute atomic E-state index is 0.0990. The van der Waals surface area contributed by atoms with Crippen molar-refractivity contribution in [1.82, 2.24) is 5.32 Å². The van der Waals surface area contributed by atoms with Gasteiger partial charge in [0.05, 0.1) is 0 Å². The molecule has 4 heteroatoms. The van der Waals surface area contributed by atoms with Crippen LogP contribution in [-0.4, -0.2) is 24.8 Å². The van der Waals surface area contributed by atoms with Crippen LogP contribution in [0, 0.1) is 0 Å². The van der Waals surface area contributed by atoms with Crippen LogP contribution < -0.4 is 10.6 Å². The smallest absolute Gasteiger partial charge is 0.255 e. The summed E-state index contributed by atoms with van der Waals surface area (Å²) in [6.45, 7) is 3.55. The molecule has 2 N–H and O–H groups in total. The zero-order chi connectivity index (χ0) is 15.8. The van der Waals surface area contributed by atoms with Gasteiger partial charge in [-0.3, -0.25) is 9.59 Å². The lowest BCUT2D eigenvalue weighted by Gasteiger charge is -2.06. The quantitative estimate of drug-likeness (QED) is 0.609. The molecule has 0 heterocycles. The second kappa shape index (κ2) is 8.10. The number of benzene rings is 2. The zero-order valence-electron chi connectivity index (χ0n) is 12.6. The average molecular weight is 296 g/mol. The van der Waals surface area contributed by atoms with E-state index >= 15 is 0 Å². The Balaban J connectivity index is 1.94. The van der Waals surface area contributed by atoms with Crippen LogP contribution >= 0.6 is 0 Å². The van der Waals surface area contributed by atoms with Crippen molar-refractivity contribution in [3.63, 3.8) is 0 Å². The first-order valence-electron chi connectivity index (χ1n) is 7.41. The highest BCUT2D eigenvalue weighted by Crippen LogP contribution is 2.12. The highest BCUT2D eigenvalue weighted by Gasteiger charge is 2.07. The summed E-state index contributed by atoms with van der Waals surface area (Å²) in [6.07, 6.45) is 0.476. The minimum atomic E-state index is -0.160. The fraction of sp³-hybridized carbons (Fsp3) is 0.222. The van der Waals surface area contributed by atoms with Crippen molar-refractivity contribution >= 4 is 17.4 Å². The second-order valence-corrected chi connectivity index (χ2v) is 4.92. The van der Waals surface area contributed by atoms with Crippen molar-refractivity contribution in [3.05, 3.63) is 65.7 Å². The average Bonchev–Trinajstić information content (AvgIpc) is 2.56. The number of nitrogens with one attached hydrogen (secondary N) is 2. The van der Waals surface area contributed by atoms with E-state index in [2.05, 4.69) is 10.6 Å². The van der Waals surface area contributed by atoms with Gasteiger partial charge < -0.3 is 10.6 Å². The Labute approximate surface area is 130 Å². The van der Waals surface area contributed by atoms with Crippen LogP contribution in [-0.2, 0) is 0 Å². The highest BCUT2D eigenvalue weighted by molar-refractivity contribution is 6.04. The van der Waals surface area contributed by atoms with Gasteiger partial charge in [-0.05, 0) is 42.9 Å². The monoisotopic (exact) mass is 296 g/mol. The molecule has 0 unspecified atom stereocenters. The van der Waals surface area contributed by atoms with Crippen molar-refractivity contribution in [1.29, 1.82) is 0 Å². The van der Waals surface area contributed by atoms with E-state index in [4.69, 9.17) is 0 Å². The van der Waals surface area contributed by atoms with E-state index in [1.165, 1.54) is 0 Å². The first-order chi connectivity index (χ1) is 10.7. The van der Waals surface area contributed by atoms with Crippen LogP contribution in [0.3, 0.4) is 0 Å². The van der Waals surface area contributed by atoms with Gasteiger partial charge in [-0.15, -0.1) is 0 Å². The first kappa shape index (κ1) is 15.9. The molecule has 114 valence electrons. The largest absolute Gasteiger partial charge is 0.322 e. The summed E-state index contributed by atoms with van der Waals surface area (Å²) in [6, 6.07) is 16.0. The normalized spacial score (nSPS) is 10.2. The maximum atomic E-state index is 12.0. The van der Waals surface area contributed by atoms with Gasteiger partial charge in [-0.2, -0.15) is 0 Å². The zero-order valence-corrected chi connectivity index (χ0v) is 12.6. The van der Waals surface area contributed by atoms with E-state index in [9.17, 15) is 9.59 Å². The number of carbonyl (C=O) groups is 2. The van der Waals surface area contributed by atoms with E-state index in [0.29, 0.717) is 29.8 Å². The van der Waals surface area contributed by atoms with Gasteiger partial charge in [0.1, 0.15) is 0 Å². The minimum Gasteiger partial charge on any atom is -0.322 e. The molecule has 0 aliphatic rings. The van der Waals surface area contributed by atoms with Crippen LogP contribution in [0.25, 0.3) is 0 Å². The van der Waals surface area contributed by atoms with E-state index in [1.54, 1.807) is 36.4 Å². The fourth-order valence-corrected chi connectivity index (χ4v) is 2.06. The van der Waals surface area contributed by atoms with Crippen LogP contribution in [0.5, 0.6) is 0 Å². The molecule has 0 aliphatic carbocycles. The molecule has 1 amide bonds. The van der Waals surface area contributed by atoms with Gasteiger partial charge in [-0.1, -0.05) is 25.1 Å². The van der Waals surface area contributed by atoms with Crippen molar-refractivity contribution < 1.29 is 9.59 Å². The Morgan fingerprint density at radius 3 is 2.23 bits per heavy atom. The molecule has 0 saturated heterocycles. The van der Waals surface area contributed by atoms with E-state index in [1.807, 2.05) is 25.1 Å². The number of carbonyl (C=O) groups excluding carboxylic acids is 2. The maximum Gasteiger partial charge on any atom is 0.255 e. The number of rotatable bonds is 7. The van der Waals surface area contributed by atoms with Crippen LogP contribution in [0.2, 0.25) is 0 Å². The summed E-state index contributed by atoms with van der Waals surface area (Å²) >= 11 is 0. The molecule has 0 spiro atoms. The predicted molar refractivity (Wildman–Crippen MR) is 88.3 cm³/mol. The fourth-order valence-electron chi connectivity index (χ4n) is 2.06. The predicted octanol–water partition coefficient (Wildman–Crippen LogP) is 3.12. The molecule has 0 radical (unpaired) electrons. The second-order valence-electron chi connectivity index (χ2n) is 4.92. The lowest BCUT2D eigenvalue weighted by atomic mass is 10.1. The molecule has 0 fully saturated rings. The van der Waals surface area contributed by atoms with Gasteiger partial charge in [0.15, 0.2) is 5.78 Å². The molecule has 2 rings (SSSR count). The number of hydrogen-bond acceptors (Lipinski definition) is 3. The van der Waals surface area contributed by atoms with Gasteiger partial charge in [0, 0.05) is 29.8 Å². The number of hydrogen-bond donors (Lipinski definition) is 2. The molecular formula is C18H20N2O2. The summed E-state index contributed by atoms with van der Waals surface area (Å²) in [7, 11) is 0. The molecule has 2 aromatic carbocycles. The third-order valence-corrected chi connectivity index (χ3v) is 3.28. The number of anilines is 1. The molecule has 0 saturated carbocycles. The Bertz CT molecular complexity index is 621. The molecular weight excluding hydrogens is 276 g/mol. The molecule has 4 nitrogen and oxygen atoms in total. The van der Waals surface area contributed by atoms with Gasteiger partial charge in [0.25, 0.3) is 5.91 Å². The lowest BCUT2D eigenvalue weighted by Crippen LogP contribution is -2.17. The standard InChI is InChI=1S/C18H20N2O2/c1-2-19-13-12-17(21)14-8-10-16(11-9-14)20-18(22)15-6-4-3-5-7-15/h3-11,19H,2,12-13H2,1H3,(H,20,22). The van der Waals surface area contributed by atoms with E-state index < -0.39 is 0 Å². The topological polar surface area (TPSA) is 58.2 Å². The summed E-state index contributed by atoms with van der Waals surface area (Å²) < 4.78 is 0. The van der Waals surface area contributed by atoms with Gasteiger partial charge in [0.2, 0.25) is 0 Å². The van der Waals surface area contributed by atoms with Crippen molar-refractivity contribution in [3.8, 4) is 0 Å². The van der Waals surface area contributed by atoms with Crippen molar-refractivity contribution in [2.75, 3.05) is 18.4 Å². The third kappa shape index (κ3) is 4.53. The molecule has 0 atom stereocenters. The van der Waals surface area contributed by atoms with Crippen molar-refractivity contribution in [2.45, 2.75) is 13.3 Å². The van der Waals surface area contributed by atoms with E-state index in [0.717, 1.165) is 6.54 Å². The van der Waals surface area contributed by atoms with Crippen LogP contribution in [0.15, 0.2) is 54.6 Å². The molecule has 0 bridgehead atoms. The Hall–Kier alpha value is -2.46. The Morgan fingerprint density at radius 2 is 1.59 bits per heavy atom. The van der Waals surface area contributed by atoms with Crippen LogP contribution in [0.4, 0.5) is 5.69 Å². The number of ketones is 1. The number of Topliss-reactive ketones (excluding diaryl/α,β-unsaturated/α-hetero) is 1. The molecule has 2 aromatic rings. The SMILES string of the molecule is CCNCCC(=O)c1ccc(NC(=O)c2ccccc2)cc1. The Morgan fingerprint density at radius 1 is 0.909 bits per heavy atom. The van der Waals surface area contributed by atoms with Gasteiger partial charge in [-0.25, -0.2) is 0 Å². The highest BCUT2D eigenvalue weighted by atomic mass is 16.1. The summed E-state index contributed by atoms with van der Waals surface area (Å²) in [5, 5.41) is 5.94. The molecule has 0 aromatic heterocycles. The summed E-state index contributed by atoms with van der Waals surface area (Å²) in [5.41, 5.74) is 1.95. The van der Waals surface area contributed by atoms with Crippen molar-refractivity contribution in [2.24, 2.45) is 0 Å². The van der Waals surface area contributed by atoms with Crippen LogP contribution in [0.1, 0.15) is 34.1 Å². The third-order valence-electron chi connectivity index (χ3n) is 3.28. The number of amides is 1. The first-order valence-corrected chi connectivity index (χ1v) is 7.41. The lowest BCUT2D eigenvalue weighted by molar-refractivity contribution is 0.0981. The molecule has 22 heavy (non-hydrogen) atoms.